The SMILES string of the molecule is O=C(c1cccc(OCc2ccccc2Br)c1)N1CCCNCC1. The average Bonchev–Trinajstić information content (AvgIpc) is 2.90. The Morgan fingerprint density at radius 1 is 1.12 bits per heavy atom. The van der Waals surface area contributed by atoms with Gasteiger partial charge in [-0.05, 0) is 37.2 Å². The minimum absolute atomic E-state index is 0.0741. The van der Waals surface area contributed by atoms with Crippen molar-refractivity contribution in [1.82, 2.24) is 10.2 Å². The van der Waals surface area contributed by atoms with Crippen molar-refractivity contribution >= 4 is 21.8 Å². The van der Waals surface area contributed by atoms with Crippen LogP contribution >= 0.6 is 15.9 Å². The number of rotatable bonds is 4. The molecule has 0 bridgehead atoms. The normalized spacial score (nSPS) is 15.0. The van der Waals surface area contributed by atoms with Gasteiger partial charge in [0.2, 0.25) is 0 Å². The summed E-state index contributed by atoms with van der Waals surface area (Å²) in [5.41, 5.74) is 1.76. The molecule has 2 aromatic rings. The Bertz CT molecular complexity index is 697. The number of nitrogens with one attached hydrogen (secondary N) is 1. The lowest BCUT2D eigenvalue weighted by Crippen LogP contribution is -2.34. The number of carbonyl (C=O) groups is 1. The van der Waals surface area contributed by atoms with Crippen molar-refractivity contribution in [2.24, 2.45) is 0 Å². The van der Waals surface area contributed by atoms with E-state index in [-0.39, 0.29) is 5.91 Å². The highest BCUT2D eigenvalue weighted by molar-refractivity contribution is 9.10. The molecule has 0 saturated carbocycles. The van der Waals surface area contributed by atoms with Gasteiger partial charge in [0, 0.05) is 35.2 Å². The van der Waals surface area contributed by atoms with Crippen molar-refractivity contribution in [2.75, 3.05) is 26.2 Å². The molecule has 3 rings (SSSR count). The molecule has 0 aromatic heterocycles. The number of carbonyl (C=O) groups excluding carboxylic acids is 1. The third kappa shape index (κ3) is 4.36. The fraction of sp³-hybridized carbons (Fsp3) is 0.316. The van der Waals surface area contributed by atoms with E-state index in [1.54, 1.807) is 0 Å². The standard InChI is InChI=1S/C19H21BrN2O2/c20-18-8-2-1-5-16(18)14-24-17-7-3-6-15(13-17)19(23)22-11-4-9-21-10-12-22/h1-3,5-8,13,21H,4,9-12,14H2. The van der Waals surface area contributed by atoms with Crippen molar-refractivity contribution in [3.8, 4) is 5.75 Å². The Labute approximate surface area is 150 Å². The second kappa shape index (κ2) is 8.31. The molecule has 0 aliphatic carbocycles. The van der Waals surface area contributed by atoms with Gasteiger partial charge in [-0.25, -0.2) is 0 Å². The summed E-state index contributed by atoms with van der Waals surface area (Å²) >= 11 is 3.52. The first-order chi connectivity index (χ1) is 11.7. The minimum Gasteiger partial charge on any atom is -0.489 e. The van der Waals surface area contributed by atoms with Crippen LogP contribution in [0.1, 0.15) is 22.3 Å². The van der Waals surface area contributed by atoms with Crippen molar-refractivity contribution in [3.05, 3.63) is 64.1 Å². The predicted molar refractivity (Wildman–Crippen MR) is 98.3 cm³/mol. The van der Waals surface area contributed by atoms with E-state index in [1.807, 2.05) is 53.4 Å². The molecule has 1 aliphatic rings. The Morgan fingerprint density at radius 2 is 2.00 bits per heavy atom. The molecule has 0 atom stereocenters. The summed E-state index contributed by atoms with van der Waals surface area (Å²) in [5, 5.41) is 3.32. The van der Waals surface area contributed by atoms with Crippen molar-refractivity contribution in [1.29, 1.82) is 0 Å². The highest BCUT2D eigenvalue weighted by Gasteiger charge is 2.17. The van der Waals surface area contributed by atoms with Gasteiger partial charge in [-0.1, -0.05) is 40.2 Å². The predicted octanol–water partition coefficient (Wildman–Crippen LogP) is 3.46. The van der Waals surface area contributed by atoms with E-state index < -0.39 is 0 Å². The van der Waals surface area contributed by atoms with E-state index in [4.69, 9.17) is 4.74 Å². The number of nitrogens with zero attached hydrogens (tertiary/aromatic N) is 1. The average molecular weight is 389 g/mol. The molecule has 126 valence electrons. The molecule has 1 heterocycles. The topological polar surface area (TPSA) is 41.6 Å². The molecule has 1 aliphatic heterocycles. The van der Waals surface area contributed by atoms with Crippen molar-refractivity contribution in [3.63, 3.8) is 0 Å². The molecule has 4 nitrogen and oxygen atoms in total. The Kier molecular flexibility index (Phi) is 5.88. The number of halogens is 1. The van der Waals surface area contributed by atoms with Crippen LogP contribution in [0.3, 0.4) is 0 Å². The van der Waals surface area contributed by atoms with E-state index in [9.17, 15) is 4.79 Å². The zero-order valence-electron chi connectivity index (χ0n) is 13.5. The summed E-state index contributed by atoms with van der Waals surface area (Å²) in [4.78, 5) is 14.6. The van der Waals surface area contributed by atoms with Crippen LogP contribution in [0, 0.1) is 0 Å². The van der Waals surface area contributed by atoms with Gasteiger partial charge in [0.25, 0.3) is 5.91 Å². The van der Waals surface area contributed by atoms with E-state index in [2.05, 4.69) is 21.2 Å². The van der Waals surface area contributed by atoms with Crippen LogP contribution in [-0.4, -0.2) is 37.0 Å². The first-order valence-electron chi connectivity index (χ1n) is 8.20. The highest BCUT2D eigenvalue weighted by Crippen LogP contribution is 2.20. The van der Waals surface area contributed by atoms with Gasteiger partial charge >= 0.3 is 0 Å². The molecule has 0 spiro atoms. The van der Waals surface area contributed by atoms with E-state index in [0.717, 1.165) is 42.6 Å². The van der Waals surface area contributed by atoms with E-state index in [1.165, 1.54) is 0 Å². The molecular weight excluding hydrogens is 368 g/mol. The first-order valence-corrected chi connectivity index (χ1v) is 8.99. The summed E-state index contributed by atoms with van der Waals surface area (Å²) in [5.74, 6) is 0.787. The molecule has 1 amide bonds. The number of hydrogen-bond donors (Lipinski definition) is 1. The fourth-order valence-corrected chi connectivity index (χ4v) is 3.13. The third-order valence-electron chi connectivity index (χ3n) is 4.06. The number of ether oxygens (including phenoxy) is 1. The van der Waals surface area contributed by atoms with Gasteiger partial charge in [0.05, 0.1) is 0 Å². The van der Waals surface area contributed by atoms with Gasteiger partial charge in [-0.3, -0.25) is 4.79 Å². The Morgan fingerprint density at radius 3 is 2.88 bits per heavy atom. The van der Waals surface area contributed by atoms with Crippen LogP contribution in [-0.2, 0) is 6.61 Å². The first kappa shape index (κ1) is 17.0. The number of benzene rings is 2. The Hall–Kier alpha value is -1.85. The van der Waals surface area contributed by atoms with E-state index in [0.29, 0.717) is 17.9 Å². The second-order valence-electron chi connectivity index (χ2n) is 5.80. The molecule has 24 heavy (non-hydrogen) atoms. The molecular formula is C19H21BrN2O2. The van der Waals surface area contributed by atoms with Crippen LogP contribution in [0.4, 0.5) is 0 Å². The third-order valence-corrected chi connectivity index (χ3v) is 4.83. The monoisotopic (exact) mass is 388 g/mol. The van der Waals surface area contributed by atoms with Gasteiger partial charge in [0.1, 0.15) is 12.4 Å². The maximum Gasteiger partial charge on any atom is 0.254 e. The molecule has 1 N–H and O–H groups in total. The smallest absolute Gasteiger partial charge is 0.254 e. The largest absolute Gasteiger partial charge is 0.489 e. The molecule has 1 fully saturated rings. The van der Waals surface area contributed by atoms with E-state index >= 15 is 0 Å². The summed E-state index contributed by atoms with van der Waals surface area (Å²) in [6.07, 6.45) is 0.990. The van der Waals surface area contributed by atoms with Crippen LogP contribution in [0.15, 0.2) is 53.0 Å². The molecule has 5 heteroatoms. The summed E-state index contributed by atoms with van der Waals surface area (Å²) in [6, 6.07) is 15.4. The zero-order chi connectivity index (χ0) is 16.8. The van der Waals surface area contributed by atoms with Gasteiger partial charge in [-0.15, -0.1) is 0 Å². The van der Waals surface area contributed by atoms with Crippen LogP contribution in [0.25, 0.3) is 0 Å². The van der Waals surface area contributed by atoms with Gasteiger partial charge in [-0.2, -0.15) is 0 Å². The molecule has 0 radical (unpaired) electrons. The molecule has 0 unspecified atom stereocenters. The minimum atomic E-state index is 0.0741. The zero-order valence-corrected chi connectivity index (χ0v) is 15.1. The maximum atomic E-state index is 12.7. The lowest BCUT2D eigenvalue weighted by Gasteiger charge is -2.20. The lowest BCUT2D eigenvalue weighted by atomic mass is 10.2. The second-order valence-corrected chi connectivity index (χ2v) is 6.66. The van der Waals surface area contributed by atoms with Crippen LogP contribution in [0.2, 0.25) is 0 Å². The number of amides is 1. The number of hydrogen-bond acceptors (Lipinski definition) is 3. The fourth-order valence-electron chi connectivity index (χ4n) is 2.73. The van der Waals surface area contributed by atoms with Gasteiger partial charge in [0.15, 0.2) is 0 Å². The maximum absolute atomic E-state index is 12.7. The summed E-state index contributed by atoms with van der Waals surface area (Å²) in [6.45, 7) is 3.84. The lowest BCUT2D eigenvalue weighted by molar-refractivity contribution is 0.0766. The summed E-state index contributed by atoms with van der Waals surface area (Å²) in [7, 11) is 0. The van der Waals surface area contributed by atoms with Crippen molar-refractivity contribution in [2.45, 2.75) is 13.0 Å². The molecule has 1 saturated heterocycles. The summed E-state index contributed by atoms with van der Waals surface area (Å²) < 4.78 is 6.89. The quantitative estimate of drug-likeness (QED) is 0.871. The highest BCUT2D eigenvalue weighted by atomic mass is 79.9. The van der Waals surface area contributed by atoms with Crippen LogP contribution in [0.5, 0.6) is 5.75 Å². The molecule has 2 aromatic carbocycles. The van der Waals surface area contributed by atoms with Crippen LogP contribution < -0.4 is 10.1 Å². The van der Waals surface area contributed by atoms with Crippen molar-refractivity contribution < 1.29 is 9.53 Å². The van der Waals surface area contributed by atoms with Gasteiger partial charge < -0.3 is 15.0 Å². The Balaban J connectivity index is 1.67.